The molecule has 0 N–H and O–H groups in total. The van der Waals surface area contributed by atoms with Crippen LogP contribution < -0.4 is 0 Å². The maximum atomic E-state index is 2.50. The van der Waals surface area contributed by atoms with Gasteiger partial charge in [0.25, 0.3) is 0 Å². The summed E-state index contributed by atoms with van der Waals surface area (Å²) in [6.45, 7) is 0. The van der Waals surface area contributed by atoms with Crippen molar-refractivity contribution in [3.8, 4) is 39.1 Å². The second-order valence-electron chi connectivity index (χ2n) is 13.6. The third kappa shape index (κ3) is 3.46. The van der Waals surface area contributed by atoms with Crippen molar-refractivity contribution in [3.05, 3.63) is 164 Å². The van der Waals surface area contributed by atoms with Gasteiger partial charge in [0.2, 0.25) is 0 Å². The number of rotatable bonds is 2. The fourth-order valence-corrected chi connectivity index (χ4v) is 10.1. The van der Waals surface area contributed by atoms with Gasteiger partial charge in [0, 0.05) is 36.3 Å². The average molecular weight is 650 g/mol. The third-order valence-electron chi connectivity index (χ3n) is 11.1. The molecule has 0 aliphatic heterocycles. The summed E-state index contributed by atoms with van der Waals surface area (Å²) in [4.78, 5) is 0. The van der Waals surface area contributed by atoms with Crippen LogP contribution in [0, 0.1) is 0 Å². The van der Waals surface area contributed by atoms with Crippen LogP contribution in [0.3, 0.4) is 0 Å². The predicted molar refractivity (Wildman–Crippen MR) is 216 cm³/mol. The van der Waals surface area contributed by atoms with E-state index in [4.69, 9.17) is 0 Å². The van der Waals surface area contributed by atoms with Crippen LogP contribution in [0.2, 0.25) is 0 Å². The quantitative estimate of drug-likeness (QED) is 0.176. The van der Waals surface area contributed by atoms with E-state index < -0.39 is 0 Å². The van der Waals surface area contributed by atoms with Crippen LogP contribution in [0.1, 0.15) is 0 Å². The van der Waals surface area contributed by atoms with Gasteiger partial charge in [-0.2, -0.15) is 0 Å². The number of thiophene rings is 1. The van der Waals surface area contributed by atoms with E-state index in [1.807, 2.05) is 11.3 Å². The predicted octanol–water partition coefficient (Wildman–Crippen LogP) is 13.9. The lowest BCUT2D eigenvalue weighted by molar-refractivity contribution is 1.20. The summed E-state index contributed by atoms with van der Waals surface area (Å²) in [7, 11) is 0. The van der Waals surface area contributed by atoms with Crippen molar-refractivity contribution < 1.29 is 0 Å². The molecule has 1 aliphatic carbocycles. The highest BCUT2D eigenvalue weighted by molar-refractivity contribution is 7.25. The smallest absolute Gasteiger partial charge is 0.0547 e. The fourth-order valence-electron chi connectivity index (χ4n) is 8.95. The number of hydrogen-bond donors (Lipinski definition) is 0. The molecule has 0 unspecified atom stereocenters. The first-order valence-electron chi connectivity index (χ1n) is 17.3. The summed E-state index contributed by atoms with van der Waals surface area (Å²) >= 11 is 1.88. The second kappa shape index (κ2) is 9.69. The van der Waals surface area contributed by atoms with Crippen LogP contribution >= 0.6 is 11.3 Å². The zero-order valence-corrected chi connectivity index (χ0v) is 27.8. The molecule has 230 valence electrons. The molecule has 0 saturated carbocycles. The first-order valence-corrected chi connectivity index (χ1v) is 18.1. The SMILES string of the molecule is c1ccc2c(c1)-c1cccc3c(-c4ccc(-n5c6ccccc6c6cc7cc8c(cc7cc65)sc5ccccc58)c5ccccc45)ccc-2c13. The highest BCUT2D eigenvalue weighted by Crippen LogP contribution is 2.50. The fraction of sp³-hybridized carbons (Fsp3) is 0. The Bertz CT molecular complexity index is 3240. The Kier molecular flexibility index (Phi) is 5.18. The van der Waals surface area contributed by atoms with Crippen molar-refractivity contribution in [2.24, 2.45) is 0 Å². The van der Waals surface area contributed by atoms with Crippen molar-refractivity contribution in [1.29, 1.82) is 0 Å². The first-order chi connectivity index (χ1) is 24.8. The van der Waals surface area contributed by atoms with Crippen LogP contribution in [0.25, 0.3) is 113 Å². The first kappa shape index (κ1) is 26.7. The highest BCUT2D eigenvalue weighted by Gasteiger charge is 2.23. The largest absolute Gasteiger partial charge is 0.309 e. The number of hydrogen-bond acceptors (Lipinski definition) is 1. The molecule has 0 fully saturated rings. The van der Waals surface area contributed by atoms with E-state index in [0.717, 1.165) is 0 Å². The van der Waals surface area contributed by atoms with E-state index in [2.05, 4.69) is 168 Å². The third-order valence-corrected chi connectivity index (χ3v) is 12.2. The molecule has 12 rings (SSSR count). The summed E-state index contributed by atoms with van der Waals surface area (Å²) in [6, 6.07) is 61.2. The van der Waals surface area contributed by atoms with Crippen molar-refractivity contribution in [1.82, 2.24) is 4.57 Å². The molecule has 11 aromatic rings. The highest BCUT2D eigenvalue weighted by atomic mass is 32.1. The molecule has 1 nitrogen and oxygen atoms in total. The molecule has 0 saturated heterocycles. The van der Waals surface area contributed by atoms with Gasteiger partial charge in [-0.25, -0.2) is 0 Å². The van der Waals surface area contributed by atoms with Gasteiger partial charge in [-0.15, -0.1) is 11.3 Å². The van der Waals surface area contributed by atoms with Gasteiger partial charge in [0.1, 0.15) is 0 Å². The number of para-hydroxylation sites is 1. The summed E-state index contributed by atoms with van der Waals surface area (Å²) in [6.07, 6.45) is 0. The lowest BCUT2D eigenvalue weighted by atomic mass is 9.91. The molecule has 1 aliphatic rings. The van der Waals surface area contributed by atoms with Crippen LogP contribution in [0.5, 0.6) is 0 Å². The van der Waals surface area contributed by atoms with E-state index in [1.165, 1.54) is 113 Å². The molecular formula is C48H27NS. The Labute approximate surface area is 291 Å². The topological polar surface area (TPSA) is 4.93 Å². The van der Waals surface area contributed by atoms with E-state index in [-0.39, 0.29) is 0 Å². The molecule has 0 bridgehead atoms. The van der Waals surface area contributed by atoms with Gasteiger partial charge in [-0.05, 0) is 103 Å². The molecule has 0 spiro atoms. The Morgan fingerprint density at radius 3 is 1.80 bits per heavy atom. The summed E-state index contributed by atoms with van der Waals surface area (Å²) in [5, 5.41) is 13.0. The van der Waals surface area contributed by atoms with Gasteiger partial charge in [0.05, 0.1) is 16.7 Å². The summed E-state index contributed by atoms with van der Waals surface area (Å²) in [5.74, 6) is 0. The summed E-state index contributed by atoms with van der Waals surface area (Å²) in [5.41, 5.74) is 11.5. The molecule has 2 heteroatoms. The molecule has 2 aromatic heterocycles. The van der Waals surface area contributed by atoms with Crippen molar-refractivity contribution in [2.75, 3.05) is 0 Å². The lowest BCUT2D eigenvalue weighted by Crippen LogP contribution is -1.96. The van der Waals surface area contributed by atoms with Gasteiger partial charge in [0.15, 0.2) is 0 Å². The van der Waals surface area contributed by atoms with Crippen LogP contribution in [0.4, 0.5) is 0 Å². The van der Waals surface area contributed by atoms with E-state index >= 15 is 0 Å². The second-order valence-corrected chi connectivity index (χ2v) is 14.7. The van der Waals surface area contributed by atoms with Crippen molar-refractivity contribution in [3.63, 3.8) is 0 Å². The number of benzene rings is 9. The minimum absolute atomic E-state index is 1.20. The zero-order valence-electron chi connectivity index (χ0n) is 26.9. The van der Waals surface area contributed by atoms with Crippen LogP contribution in [-0.2, 0) is 0 Å². The molecular weight excluding hydrogens is 623 g/mol. The van der Waals surface area contributed by atoms with Crippen molar-refractivity contribution in [2.45, 2.75) is 0 Å². The van der Waals surface area contributed by atoms with Gasteiger partial charge in [-0.1, -0.05) is 121 Å². The van der Waals surface area contributed by atoms with E-state index in [9.17, 15) is 0 Å². The normalized spacial score (nSPS) is 12.4. The lowest BCUT2D eigenvalue weighted by Gasteiger charge is -2.16. The molecule has 0 radical (unpaired) electrons. The monoisotopic (exact) mass is 649 g/mol. The number of aromatic nitrogens is 1. The molecule has 50 heavy (non-hydrogen) atoms. The zero-order chi connectivity index (χ0) is 32.5. The molecule has 0 atom stereocenters. The van der Waals surface area contributed by atoms with Crippen LogP contribution in [0.15, 0.2) is 164 Å². The van der Waals surface area contributed by atoms with Gasteiger partial charge < -0.3 is 4.57 Å². The minimum Gasteiger partial charge on any atom is -0.309 e. The Morgan fingerprint density at radius 2 is 0.920 bits per heavy atom. The Balaban J connectivity index is 1.12. The summed E-state index contributed by atoms with van der Waals surface area (Å²) < 4.78 is 5.17. The Morgan fingerprint density at radius 1 is 0.320 bits per heavy atom. The average Bonchev–Trinajstić information content (AvgIpc) is 3.81. The number of fused-ring (bicyclic) bond motifs is 11. The van der Waals surface area contributed by atoms with Crippen LogP contribution in [-0.4, -0.2) is 4.57 Å². The van der Waals surface area contributed by atoms with E-state index in [0.29, 0.717) is 0 Å². The minimum atomic E-state index is 1.20. The molecule has 9 aromatic carbocycles. The molecule has 2 heterocycles. The van der Waals surface area contributed by atoms with Crippen molar-refractivity contribution >= 4 is 85.6 Å². The van der Waals surface area contributed by atoms with Gasteiger partial charge in [-0.3, -0.25) is 0 Å². The standard InChI is InChI=1S/C48H27NS/c1-2-12-32-31(11-1)38-16-9-17-39-34(20-21-40(32)48(38)39)33-22-23-44(35-13-4-3-10-30(33)35)49-43-18-7-5-14-36(43)41-24-28-25-42-37-15-6-8-19-46(37)50-47(42)27-29(28)26-45(41)49/h1-27H. The Hall–Kier alpha value is -6.22. The molecule has 0 amide bonds. The maximum absolute atomic E-state index is 2.50. The number of nitrogens with zero attached hydrogens (tertiary/aromatic N) is 1. The van der Waals surface area contributed by atoms with Gasteiger partial charge >= 0.3 is 0 Å². The maximum Gasteiger partial charge on any atom is 0.0547 e. The van der Waals surface area contributed by atoms with E-state index in [1.54, 1.807) is 0 Å².